The van der Waals surface area contributed by atoms with Crippen LogP contribution in [0.25, 0.3) is 76.8 Å². The molecular formula is C52H42. The van der Waals surface area contributed by atoms with Crippen LogP contribution in [0.1, 0.15) is 86.5 Å². The summed E-state index contributed by atoms with van der Waals surface area (Å²) in [6.07, 6.45) is 13.0. The molecule has 0 nitrogen and oxygen atoms in total. The van der Waals surface area contributed by atoms with E-state index in [1.54, 1.807) is 22.3 Å². The highest BCUT2D eigenvalue weighted by molar-refractivity contribution is 6.27. The minimum atomic E-state index is 0.159. The summed E-state index contributed by atoms with van der Waals surface area (Å²) in [7, 11) is 0. The summed E-state index contributed by atoms with van der Waals surface area (Å²) in [6, 6.07) is 52.5. The summed E-state index contributed by atoms with van der Waals surface area (Å²) >= 11 is 0. The van der Waals surface area contributed by atoms with Crippen LogP contribution in [-0.2, 0) is 10.8 Å². The lowest BCUT2D eigenvalue weighted by Crippen LogP contribution is -2.28. The van der Waals surface area contributed by atoms with Gasteiger partial charge in [0.15, 0.2) is 0 Å². The fraction of sp³-hybridized carbons (Fsp3) is 0.231. The van der Waals surface area contributed by atoms with Crippen LogP contribution >= 0.6 is 0 Å². The molecule has 250 valence electrons. The molecule has 8 aromatic carbocycles. The van der Waals surface area contributed by atoms with E-state index < -0.39 is 0 Å². The molecule has 4 aliphatic carbocycles. The first kappa shape index (κ1) is 29.4. The first-order chi connectivity index (χ1) is 25.7. The Morgan fingerprint density at radius 3 is 1.15 bits per heavy atom. The van der Waals surface area contributed by atoms with Crippen molar-refractivity contribution in [1.82, 2.24) is 0 Å². The lowest BCUT2D eigenvalue weighted by atomic mass is 9.67. The van der Waals surface area contributed by atoms with E-state index in [-0.39, 0.29) is 10.8 Å². The number of benzene rings is 8. The Kier molecular flexibility index (Phi) is 6.03. The number of hydrogen-bond acceptors (Lipinski definition) is 0. The largest absolute Gasteiger partial charge is 0.0619 e. The van der Waals surface area contributed by atoms with Crippen molar-refractivity contribution in [2.75, 3.05) is 0 Å². The monoisotopic (exact) mass is 666 g/mol. The van der Waals surface area contributed by atoms with Gasteiger partial charge in [-0.05, 0) is 137 Å². The van der Waals surface area contributed by atoms with Crippen molar-refractivity contribution >= 4 is 32.3 Å². The lowest BCUT2D eigenvalue weighted by Gasteiger charge is -2.36. The first-order valence-electron chi connectivity index (χ1n) is 19.9. The molecule has 52 heavy (non-hydrogen) atoms. The Morgan fingerprint density at radius 1 is 0.308 bits per heavy atom. The molecule has 0 N–H and O–H groups in total. The smallest absolute Gasteiger partial charge is 0.0215 e. The SMILES string of the molecule is c1ccc2c(c1)-c1ccc(-c3ccc4ccc5c(-c6ccc7c(c6)C6(CCCCC6)c6ccccc6-7)ccc6ccc3c4c65)cc1C21CCCCC1. The van der Waals surface area contributed by atoms with Gasteiger partial charge in [-0.2, -0.15) is 0 Å². The zero-order chi connectivity index (χ0) is 34.0. The second kappa shape index (κ2) is 10.7. The highest BCUT2D eigenvalue weighted by atomic mass is 14.5. The number of fused-ring (bicyclic) bond motifs is 10. The maximum Gasteiger partial charge on any atom is 0.0215 e. The summed E-state index contributed by atoms with van der Waals surface area (Å²) in [6.45, 7) is 0. The van der Waals surface area contributed by atoms with Crippen LogP contribution in [0.4, 0.5) is 0 Å². The van der Waals surface area contributed by atoms with Gasteiger partial charge >= 0.3 is 0 Å². The van der Waals surface area contributed by atoms with E-state index in [1.165, 1.54) is 141 Å². The predicted octanol–water partition coefficient (Wildman–Crippen LogP) is 14.4. The fourth-order valence-electron chi connectivity index (χ4n) is 11.9. The maximum atomic E-state index is 2.59. The Morgan fingerprint density at radius 2 is 0.692 bits per heavy atom. The van der Waals surface area contributed by atoms with Crippen molar-refractivity contribution in [3.05, 3.63) is 156 Å². The molecule has 12 rings (SSSR count). The molecule has 8 aromatic rings. The Balaban J connectivity index is 1.04. The van der Waals surface area contributed by atoms with Gasteiger partial charge in [-0.15, -0.1) is 0 Å². The number of rotatable bonds is 2. The molecule has 0 aliphatic heterocycles. The van der Waals surface area contributed by atoms with Gasteiger partial charge in [0, 0.05) is 10.8 Å². The second-order valence-corrected chi connectivity index (χ2v) is 16.5. The van der Waals surface area contributed by atoms with Crippen molar-refractivity contribution in [3.63, 3.8) is 0 Å². The molecule has 0 aromatic heterocycles. The van der Waals surface area contributed by atoms with Crippen LogP contribution < -0.4 is 0 Å². The topological polar surface area (TPSA) is 0 Å². The van der Waals surface area contributed by atoms with Crippen molar-refractivity contribution in [2.45, 2.75) is 75.0 Å². The van der Waals surface area contributed by atoms with E-state index in [2.05, 4.69) is 133 Å². The van der Waals surface area contributed by atoms with E-state index in [0.717, 1.165) is 0 Å². The van der Waals surface area contributed by atoms with Crippen molar-refractivity contribution < 1.29 is 0 Å². The highest BCUT2D eigenvalue weighted by Gasteiger charge is 2.45. The maximum absolute atomic E-state index is 2.59. The molecule has 0 heteroatoms. The first-order valence-corrected chi connectivity index (χ1v) is 19.9. The van der Waals surface area contributed by atoms with Crippen LogP contribution in [0.15, 0.2) is 133 Å². The van der Waals surface area contributed by atoms with Crippen molar-refractivity contribution in [2.24, 2.45) is 0 Å². The molecule has 0 heterocycles. The molecule has 0 amide bonds. The van der Waals surface area contributed by atoms with E-state index in [4.69, 9.17) is 0 Å². The molecule has 0 bridgehead atoms. The molecule has 0 atom stereocenters. The van der Waals surface area contributed by atoms with E-state index in [0.29, 0.717) is 0 Å². The average Bonchev–Trinajstić information content (AvgIpc) is 3.62. The standard InChI is InChI=1S/C52H42/c1-7-27-51(28-8-1)45-13-5-3-11-39(45)41-23-19-35(31-47(41)51)37-21-15-33-18-26-44-38(22-16-34-17-25-43(37)49(33)50(34)44)36-20-24-42-40-12-4-6-14-46(40)52(48(42)32-36)29-9-2-10-30-52/h3-6,11-26,31-32H,1-2,7-10,27-30H2. The average molecular weight is 667 g/mol. The minimum absolute atomic E-state index is 0.159. The lowest BCUT2D eigenvalue weighted by molar-refractivity contribution is 0.353. The van der Waals surface area contributed by atoms with Crippen LogP contribution in [0.2, 0.25) is 0 Å². The zero-order valence-electron chi connectivity index (χ0n) is 29.8. The van der Waals surface area contributed by atoms with E-state index >= 15 is 0 Å². The van der Waals surface area contributed by atoms with Gasteiger partial charge in [0.2, 0.25) is 0 Å². The van der Waals surface area contributed by atoms with Gasteiger partial charge in [-0.25, -0.2) is 0 Å². The van der Waals surface area contributed by atoms with E-state index in [9.17, 15) is 0 Å². The molecule has 4 aliphatic rings. The third-order valence-electron chi connectivity index (χ3n) is 14.2. The van der Waals surface area contributed by atoms with Crippen LogP contribution in [0.5, 0.6) is 0 Å². The Hall–Kier alpha value is -5.20. The summed E-state index contributed by atoms with van der Waals surface area (Å²) in [5.74, 6) is 0. The van der Waals surface area contributed by atoms with Crippen molar-refractivity contribution in [1.29, 1.82) is 0 Å². The minimum Gasteiger partial charge on any atom is -0.0619 e. The van der Waals surface area contributed by atoms with Gasteiger partial charge in [-0.1, -0.05) is 160 Å². The second-order valence-electron chi connectivity index (χ2n) is 16.5. The summed E-state index contributed by atoms with van der Waals surface area (Å²) in [5.41, 5.74) is 17.8. The quantitative estimate of drug-likeness (QED) is 0.161. The molecule has 2 fully saturated rings. The molecule has 2 spiro atoms. The third-order valence-corrected chi connectivity index (χ3v) is 14.2. The van der Waals surface area contributed by atoms with Gasteiger partial charge in [-0.3, -0.25) is 0 Å². The normalized spacial score (nSPS) is 17.9. The highest BCUT2D eigenvalue weighted by Crippen LogP contribution is 2.58. The van der Waals surface area contributed by atoms with Gasteiger partial charge < -0.3 is 0 Å². The number of hydrogen-bond donors (Lipinski definition) is 0. The molecule has 2 saturated carbocycles. The summed E-state index contributed by atoms with van der Waals surface area (Å²) < 4.78 is 0. The summed E-state index contributed by atoms with van der Waals surface area (Å²) in [4.78, 5) is 0. The van der Waals surface area contributed by atoms with Crippen LogP contribution in [0.3, 0.4) is 0 Å². The molecule has 0 unspecified atom stereocenters. The van der Waals surface area contributed by atoms with E-state index in [1.807, 2.05) is 0 Å². The Bertz CT molecular complexity index is 2550. The van der Waals surface area contributed by atoms with Gasteiger partial charge in [0.05, 0.1) is 0 Å². The van der Waals surface area contributed by atoms with Gasteiger partial charge in [0.1, 0.15) is 0 Å². The van der Waals surface area contributed by atoms with Crippen LogP contribution in [0, 0.1) is 0 Å². The Labute approximate surface area is 306 Å². The van der Waals surface area contributed by atoms with Crippen LogP contribution in [-0.4, -0.2) is 0 Å². The zero-order valence-corrected chi connectivity index (χ0v) is 29.8. The fourth-order valence-corrected chi connectivity index (χ4v) is 11.9. The molecule has 0 radical (unpaired) electrons. The molecular weight excluding hydrogens is 625 g/mol. The van der Waals surface area contributed by atoms with Gasteiger partial charge in [0.25, 0.3) is 0 Å². The predicted molar refractivity (Wildman–Crippen MR) is 220 cm³/mol. The molecule has 0 saturated heterocycles. The summed E-state index contributed by atoms with van der Waals surface area (Å²) in [5, 5.41) is 8.21. The third kappa shape index (κ3) is 3.78. The van der Waals surface area contributed by atoms with Crippen molar-refractivity contribution in [3.8, 4) is 44.5 Å².